The number of carbonyl (C=O) groups is 5. The molecule has 3 rings (SSSR count). The molecule has 0 saturated carbocycles. The van der Waals surface area contributed by atoms with Crippen molar-refractivity contribution in [3.05, 3.63) is 83.9 Å². The zero-order valence-electron chi connectivity index (χ0n) is 29.8. The second-order valence-corrected chi connectivity index (χ2v) is 13.7. The summed E-state index contributed by atoms with van der Waals surface area (Å²) in [7, 11) is 0. The summed E-state index contributed by atoms with van der Waals surface area (Å²) in [5.41, 5.74) is 1.61. The van der Waals surface area contributed by atoms with Crippen LogP contribution in [0, 0.1) is 17.8 Å². The topological polar surface area (TPSA) is 174 Å². The fraction of sp³-hybridized carbons (Fsp3) is 0.462. The predicted octanol–water partition coefficient (Wildman–Crippen LogP) is 3.76. The molecule has 11 nitrogen and oxygen atoms in total. The first-order valence-corrected chi connectivity index (χ1v) is 17.3. The van der Waals surface area contributed by atoms with Crippen molar-refractivity contribution in [2.45, 2.75) is 97.5 Å². The normalized spacial score (nSPS) is 15.0. The summed E-state index contributed by atoms with van der Waals surface area (Å²) in [5.74, 6) is -4.27. The highest BCUT2D eigenvalue weighted by Crippen LogP contribution is 2.17. The maximum absolute atomic E-state index is 13.7. The SMILES string of the molecule is CCC(C)C(NC(=O)CC(O)C(Cc1ccccc1)NC(=O)C(NC(=O)Cc1ccc2ccccc2c1)C(C)C)C(=O)NC(C(=O)O)C(C)C. The van der Waals surface area contributed by atoms with Crippen LogP contribution in [0.5, 0.6) is 0 Å². The molecular weight excluding hydrogens is 636 g/mol. The van der Waals surface area contributed by atoms with Gasteiger partial charge in [0.05, 0.1) is 25.0 Å². The minimum Gasteiger partial charge on any atom is -0.480 e. The molecule has 0 aliphatic heterocycles. The smallest absolute Gasteiger partial charge is 0.326 e. The van der Waals surface area contributed by atoms with Crippen molar-refractivity contribution in [1.82, 2.24) is 21.3 Å². The fourth-order valence-electron chi connectivity index (χ4n) is 5.74. The summed E-state index contributed by atoms with van der Waals surface area (Å²) in [4.78, 5) is 65.0. The molecule has 6 unspecified atom stereocenters. The van der Waals surface area contributed by atoms with Crippen LogP contribution in [0.3, 0.4) is 0 Å². The number of nitrogens with one attached hydrogen (secondary N) is 4. The van der Waals surface area contributed by atoms with E-state index in [1.165, 1.54) is 0 Å². The van der Waals surface area contributed by atoms with Crippen LogP contribution in [0.15, 0.2) is 72.8 Å². The molecule has 0 heterocycles. The number of hydrogen-bond acceptors (Lipinski definition) is 6. The first-order valence-electron chi connectivity index (χ1n) is 17.3. The third kappa shape index (κ3) is 11.7. The Hall–Kier alpha value is -4.77. The Kier molecular flexibility index (Phi) is 14.9. The maximum atomic E-state index is 13.7. The molecule has 0 fully saturated rings. The van der Waals surface area contributed by atoms with Gasteiger partial charge in [-0.25, -0.2) is 4.79 Å². The summed E-state index contributed by atoms with van der Waals surface area (Å²) in [6.07, 6.45) is -1.00. The largest absolute Gasteiger partial charge is 0.480 e. The highest BCUT2D eigenvalue weighted by Gasteiger charge is 2.33. The number of benzene rings is 3. The number of carboxylic acid groups (broad SMARTS) is 1. The Balaban J connectivity index is 1.74. The number of aliphatic carboxylic acids is 1. The summed E-state index contributed by atoms with van der Waals surface area (Å²) in [6, 6.07) is 18.8. The van der Waals surface area contributed by atoms with Gasteiger partial charge in [0.15, 0.2) is 0 Å². The molecule has 0 saturated heterocycles. The van der Waals surface area contributed by atoms with Gasteiger partial charge in [-0.05, 0) is 46.1 Å². The second-order valence-electron chi connectivity index (χ2n) is 13.7. The zero-order valence-corrected chi connectivity index (χ0v) is 29.8. The van der Waals surface area contributed by atoms with Crippen molar-refractivity contribution in [3.63, 3.8) is 0 Å². The van der Waals surface area contributed by atoms with Crippen LogP contribution in [0.1, 0.15) is 65.5 Å². The third-order valence-corrected chi connectivity index (χ3v) is 8.97. The van der Waals surface area contributed by atoms with Gasteiger partial charge >= 0.3 is 5.97 Å². The molecule has 0 radical (unpaired) electrons. The molecule has 270 valence electrons. The monoisotopic (exact) mass is 688 g/mol. The van der Waals surface area contributed by atoms with E-state index in [-0.39, 0.29) is 36.5 Å². The van der Waals surface area contributed by atoms with Gasteiger partial charge in [-0.1, -0.05) is 121 Å². The minimum absolute atomic E-state index is 0.0763. The van der Waals surface area contributed by atoms with E-state index in [9.17, 15) is 34.2 Å². The number of fused-ring (bicyclic) bond motifs is 1. The Bertz CT molecular complexity index is 1610. The average molecular weight is 689 g/mol. The maximum Gasteiger partial charge on any atom is 0.326 e. The van der Waals surface area contributed by atoms with Gasteiger partial charge in [0.1, 0.15) is 18.1 Å². The van der Waals surface area contributed by atoms with Gasteiger partial charge in [-0.2, -0.15) is 0 Å². The molecule has 0 aliphatic rings. The number of amides is 4. The lowest BCUT2D eigenvalue weighted by Crippen LogP contribution is -2.57. The first-order chi connectivity index (χ1) is 23.7. The van der Waals surface area contributed by atoms with Gasteiger partial charge < -0.3 is 31.5 Å². The van der Waals surface area contributed by atoms with E-state index in [0.29, 0.717) is 6.42 Å². The van der Waals surface area contributed by atoms with E-state index in [2.05, 4.69) is 21.3 Å². The molecule has 0 aliphatic carbocycles. The summed E-state index contributed by atoms with van der Waals surface area (Å²) in [6.45, 7) is 10.6. The van der Waals surface area contributed by atoms with Crippen molar-refractivity contribution in [3.8, 4) is 0 Å². The van der Waals surface area contributed by atoms with Crippen LogP contribution < -0.4 is 21.3 Å². The third-order valence-electron chi connectivity index (χ3n) is 8.97. The number of aliphatic hydroxyl groups is 1. The van der Waals surface area contributed by atoms with Crippen LogP contribution >= 0.6 is 0 Å². The van der Waals surface area contributed by atoms with E-state index in [1.807, 2.05) is 93.6 Å². The molecule has 0 spiro atoms. The number of aliphatic hydroxyl groups excluding tert-OH is 1. The quantitative estimate of drug-likeness (QED) is 0.118. The standard InChI is InChI=1S/C39H52N4O7/c1-7-25(6)36(38(48)43-35(24(4)5)39(49)50)42-33(46)22-31(44)30(20-26-13-9-8-10-14-26)40-37(47)34(23(2)3)41-32(45)21-27-17-18-28-15-11-12-16-29(28)19-27/h8-19,23-25,30-31,34-36,44H,7,20-22H2,1-6H3,(H,40,47)(H,41,45)(H,42,46)(H,43,48)(H,49,50). The number of hydrogen-bond donors (Lipinski definition) is 6. The lowest BCUT2D eigenvalue weighted by molar-refractivity contribution is -0.143. The van der Waals surface area contributed by atoms with E-state index in [1.54, 1.807) is 20.8 Å². The molecule has 0 bridgehead atoms. The van der Waals surface area contributed by atoms with Crippen molar-refractivity contribution in [2.75, 3.05) is 0 Å². The van der Waals surface area contributed by atoms with E-state index in [0.717, 1.165) is 21.9 Å². The van der Waals surface area contributed by atoms with Crippen LogP contribution in [0.2, 0.25) is 0 Å². The molecule has 11 heteroatoms. The summed E-state index contributed by atoms with van der Waals surface area (Å²) >= 11 is 0. The Morgan fingerprint density at radius 2 is 1.22 bits per heavy atom. The van der Waals surface area contributed by atoms with E-state index in [4.69, 9.17) is 0 Å². The van der Waals surface area contributed by atoms with Gasteiger partial charge in [0, 0.05) is 0 Å². The minimum atomic E-state index is -1.36. The van der Waals surface area contributed by atoms with E-state index < -0.39 is 60.4 Å². The lowest BCUT2D eigenvalue weighted by Gasteiger charge is -2.30. The van der Waals surface area contributed by atoms with Crippen molar-refractivity contribution in [2.24, 2.45) is 17.8 Å². The lowest BCUT2D eigenvalue weighted by atomic mass is 9.95. The molecule has 4 amide bonds. The van der Waals surface area contributed by atoms with Gasteiger partial charge in [0.2, 0.25) is 23.6 Å². The van der Waals surface area contributed by atoms with Crippen LogP contribution in [-0.4, -0.2) is 70.1 Å². The van der Waals surface area contributed by atoms with Crippen LogP contribution in [0.4, 0.5) is 0 Å². The van der Waals surface area contributed by atoms with Crippen LogP contribution in [0.25, 0.3) is 10.8 Å². The van der Waals surface area contributed by atoms with Gasteiger partial charge in [0.25, 0.3) is 0 Å². The molecule has 6 N–H and O–H groups in total. The molecule has 50 heavy (non-hydrogen) atoms. The highest BCUT2D eigenvalue weighted by molar-refractivity contribution is 5.91. The molecule has 3 aromatic carbocycles. The van der Waals surface area contributed by atoms with Crippen molar-refractivity contribution >= 4 is 40.4 Å². The Labute approximate surface area is 294 Å². The molecule has 3 aromatic rings. The molecule has 0 aromatic heterocycles. The van der Waals surface area contributed by atoms with Gasteiger partial charge in [-0.3, -0.25) is 19.2 Å². The number of carbonyl (C=O) groups excluding carboxylic acids is 4. The van der Waals surface area contributed by atoms with Crippen LogP contribution in [-0.2, 0) is 36.8 Å². The molecule has 6 atom stereocenters. The predicted molar refractivity (Wildman–Crippen MR) is 193 cm³/mol. The number of rotatable bonds is 18. The fourth-order valence-corrected chi connectivity index (χ4v) is 5.74. The highest BCUT2D eigenvalue weighted by atomic mass is 16.4. The average Bonchev–Trinajstić information content (AvgIpc) is 3.07. The zero-order chi connectivity index (χ0) is 37.0. The van der Waals surface area contributed by atoms with Gasteiger partial charge in [-0.15, -0.1) is 0 Å². The summed E-state index contributed by atoms with van der Waals surface area (Å²) in [5, 5.41) is 33.9. The Morgan fingerprint density at radius 1 is 0.640 bits per heavy atom. The number of carboxylic acids is 1. The van der Waals surface area contributed by atoms with E-state index >= 15 is 0 Å². The second kappa shape index (κ2) is 18.8. The summed E-state index contributed by atoms with van der Waals surface area (Å²) < 4.78 is 0. The Morgan fingerprint density at radius 3 is 1.82 bits per heavy atom. The molecular formula is C39H52N4O7. The van der Waals surface area contributed by atoms with Crippen molar-refractivity contribution in [1.29, 1.82) is 0 Å². The van der Waals surface area contributed by atoms with Crippen molar-refractivity contribution < 1.29 is 34.2 Å². The first kappa shape index (κ1) is 39.7.